The molecule has 0 saturated carbocycles. The summed E-state index contributed by atoms with van der Waals surface area (Å²) in [6.07, 6.45) is 0.765. The molecule has 2 aromatic heterocycles. The molecule has 0 aliphatic heterocycles. The number of amides is 1. The second kappa shape index (κ2) is 8.39. The quantitative estimate of drug-likeness (QED) is 0.393. The number of benzene rings is 3. The number of nitrogens with zero attached hydrogens (tertiary/aromatic N) is 3. The van der Waals surface area contributed by atoms with Crippen molar-refractivity contribution >= 4 is 39.6 Å². The van der Waals surface area contributed by atoms with Crippen molar-refractivity contribution in [3.63, 3.8) is 0 Å². The van der Waals surface area contributed by atoms with E-state index in [1.807, 2.05) is 79.1 Å². The second-order valence-corrected chi connectivity index (χ2v) is 8.29. The number of fused-ring (bicyclic) bond motifs is 2. The Balaban J connectivity index is 1.60. The monoisotopic (exact) mass is 435 g/mol. The summed E-state index contributed by atoms with van der Waals surface area (Å²) >= 11 is 0. The third kappa shape index (κ3) is 3.91. The summed E-state index contributed by atoms with van der Waals surface area (Å²) in [5.41, 5.74) is 13.7. The average molecular weight is 436 g/mol. The van der Waals surface area contributed by atoms with Gasteiger partial charge in [0.15, 0.2) is 5.65 Å². The summed E-state index contributed by atoms with van der Waals surface area (Å²) < 4.78 is 1.90. The number of para-hydroxylation sites is 2. The molecule has 6 nitrogen and oxygen atoms in total. The highest BCUT2D eigenvalue weighted by atomic mass is 16.1. The number of aromatic nitrogens is 3. The SMILES string of the molecule is Cc1ccc(NC(=O)c2c(N)n(CCc3ccccc3)c3nc4ccccc4nc23)cc1C. The lowest BCUT2D eigenvalue weighted by Gasteiger charge is -2.09. The van der Waals surface area contributed by atoms with Crippen LogP contribution in [0.4, 0.5) is 11.5 Å². The zero-order valence-electron chi connectivity index (χ0n) is 18.7. The molecule has 2 heterocycles. The van der Waals surface area contributed by atoms with Crippen LogP contribution in [-0.2, 0) is 13.0 Å². The van der Waals surface area contributed by atoms with Crippen molar-refractivity contribution < 1.29 is 4.79 Å². The van der Waals surface area contributed by atoms with Crippen LogP contribution in [0.3, 0.4) is 0 Å². The van der Waals surface area contributed by atoms with Gasteiger partial charge in [-0.05, 0) is 61.2 Å². The molecular formula is C27H25N5O. The molecule has 0 bridgehead atoms. The summed E-state index contributed by atoms with van der Waals surface area (Å²) in [6, 6.07) is 23.7. The highest BCUT2D eigenvalue weighted by Gasteiger charge is 2.24. The van der Waals surface area contributed by atoms with Crippen LogP contribution in [0.15, 0.2) is 72.8 Å². The first-order valence-electron chi connectivity index (χ1n) is 11.0. The number of hydrogen-bond acceptors (Lipinski definition) is 4. The molecule has 0 unspecified atom stereocenters. The van der Waals surface area contributed by atoms with Gasteiger partial charge in [0.1, 0.15) is 16.9 Å². The fraction of sp³-hybridized carbons (Fsp3) is 0.148. The smallest absolute Gasteiger partial charge is 0.261 e. The lowest BCUT2D eigenvalue weighted by molar-refractivity contribution is 0.102. The first-order valence-corrected chi connectivity index (χ1v) is 11.0. The zero-order chi connectivity index (χ0) is 22.9. The molecule has 0 aliphatic rings. The number of carbonyl (C=O) groups is 1. The standard InChI is InChI=1S/C27H25N5O/c1-17-12-13-20(16-18(17)2)29-27(33)23-24-26(31-22-11-7-6-10-21(22)30-24)32(25(23)28)15-14-19-8-4-3-5-9-19/h3-13,16H,14-15,28H2,1-2H3,(H,29,33). The predicted octanol–water partition coefficient (Wildman–Crippen LogP) is 5.28. The molecule has 3 aromatic carbocycles. The van der Waals surface area contributed by atoms with Gasteiger partial charge >= 0.3 is 0 Å². The van der Waals surface area contributed by atoms with E-state index < -0.39 is 0 Å². The molecule has 5 rings (SSSR count). The van der Waals surface area contributed by atoms with Gasteiger partial charge in [-0.15, -0.1) is 0 Å². The van der Waals surface area contributed by atoms with Crippen molar-refractivity contribution in [1.29, 1.82) is 0 Å². The molecule has 33 heavy (non-hydrogen) atoms. The van der Waals surface area contributed by atoms with Crippen LogP contribution in [0.5, 0.6) is 0 Å². The Morgan fingerprint density at radius 1 is 0.909 bits per heavy atom. The summed E-state index contributed by atoms with van der Waals surface area (Å²) in [5, 5.41) is 2.99. The molecule has 1 amide bonds. The second-order valence-electron chi connectivity index (χ2n) is 8.29. The number of aryl methyl sites for hydroxylation is 4. The average Bonchev–Trinajstić information content (AvgIpc) is 3.09. The third-order valence-electron chi connectivity index (χ3n) is 6.05. The maximum absolute atomic E-state index is 13.4. The first-order chi connectivity index (χ1) is 16.0. The lowest BCUT2D eigenvalue weighted by Crippen LogP contribution is -2.15. The minimum absolute atomic E-state index is 0.288. The van der Waals surface area contributed by atoms with Crippen LogP contribution in [0.1, 0.15) is 27.0 Å². The summed E-state index contributed by atoms with van der Waals surface area (Å²) in [7, 11) is 0. The number of nitrogens with one attached hydrogen (secondary N) is 1. The number of carbonyl (C=O) groups excluding carboxylic acids is 1. The van der Waals surface area contributed by atoms with Crippen molar-refractivity contribution in [2.24, 2.45) is 0 Å². The Kier molecular flexibility index (Phi) is 5.26. The molecule has 0 atom stereocenters. The van der Waals surface area contributed by atoms with Gasteiger partial charge in [0.2, 0.25) is 0 Å². The Labute approximate surface area is 192 Å². The maximum atomic E-state index is 13.4. The third-order valence-corrected chi connectivity index (χ3v) is 6.05. The van der Waals surface area contributed by atoms with Crippen molar-refractivity contribution in [3.8, 4) is 0 Å². The number of hydrogen-bond donors (Lipinski definition) is 2. The maximum Gasteiger partial charge on any atom is 0.261 e. The molecule has 3 N–H and O–H groups in total. The minimum atomic E-state index is -0.288. The van der Waals surface area contributed by atoms with Crippen LogP contribution in [0, 0.1) is 13.8 Å². The molecule has 0 saturated heterocycles. The Hall–Kier alpha value is -4.19. The van der Waals surface area contributed by atoms with Crippen LogP contribution >= 0.6 is 0 Å². The molecule has 164 valence electrons. The van der Waals surface area contributed by atoms with E-state index in [0.717, 1.165) is 28.7 Å². The molecule has 0 spiro atoms. The van der Waals surface area contributed by atoms with E-state index in [1.165, 1.54) is 11.1 Å². The van der Waals surface area contributed by atoms with E-state index in [-0.39, 0.29) is 5.91 Å². The fourth-order valence-corrected chi connectivity index (χ4v) is 4.07. The Morgan fingerprint density at radius 3 is 2.33 bits per heavy atom. The first kappa shape index (κ1) is 20.7. The molecule has 0 radical (unpaired) electrons. The predicted molar refractivity (Wildman–Crippen MR) is 133 cm³/mol. The molecule has 0 aliphatic carbocycles. The zero-order valence-corrected chi connectivity index (χ0v) is 18.7. The molecular weight excluding hydrogens is 410 g/mol. The normalized spacial score (nSPS) is 11.2. The van der Waals surface area contributed by atoms with Gasteiger partial charge in [0.05, 0.1) is 11.0 Å². The summed E-state index contributed by atoms with van der Waals surface area (Å²) in [6.45, 7) is 4.66. The van der Waals surface area contributed by atoms with Crippen molar-refractivity contribution in [2.75, 3.05) is 11.1 Å². The number of nitrogen functional groups attached to an aromatic ring is 1. The van der Waals surface area contributed by atoms with E-state index in [1.54, 1.807) is 0 Å². The van der Waals surface area contributed by atoms with Gasteiger partial charge in [0.25, 0.3) is 5.91 Å². The highest BCUT2D eigenvalue weighted by molar-refractivity contribution is 6.16. The van der Waals surface area contributed by atoms with E-state index in [9.17, 15) is 4.79 Å². The lowest BCUT2D eigenvalue weighted by atomic mass is 10.1. The van der Waals surface area contributed by atoms with Crippen LogP contribution in [0.25, 0.3) is 22.2 Å². The van der Waals surface area contributed by atoms with Crippen molar-refractivity contribution in [3.05, 3.63) is 95.1 Å². The number of rotatable bonds is 5. The van der Waals surface area contributed by atoms with Gasteiger partial charge in [0, 0.05) is 12.2 Å². The summed E-state index contributed by atoms with van der Waals surface area (Å²) in [4.78, 5) is 23.0. The van der Waals surface area contributed by atoms with Crippen LogP contribution < -0.4 is 11.1 Å². The van der Waals surface area contributed by atoms with Gasteiger partial charge in [-0.2, -0.15) is 0 Å². The van der Waals surface area contributed by atoms with E-state index in [2.05, 4.69) is 17.4 Å². The van der Waals surface area contributed by atoms with Crippen LogP contribution in [0.2, 0.25) is 0 Å². The molecule has 6 heteroatoms. The van der Waals surface area contributed by atoms with E-state index in [0.29, 0.717) is 29.1 Å². The van der Waals surface area contributed by atoms with E-state index >= 15 is 0 Å². The van der Waals surface area contributed by atoms with Crippen molar-refractivity contribution in [1.82, 2.24) is 14.5 Å². The number of nitrogens with two attached hydrogens (primary N) is 1. The molecule has 0 fully saturated rings. The fourth-order valence-electron chi connectivity index (χ4n) is 4.07. The van der Waals surface area contributed by atoms with Gasteiger partial charge in [-0.1, -0.05) is 48.5 Å². The van der Waals surface area contributed by atoms with Gasteiger partial charge in [-0.25, -0.2) is 9.97 Å². The number of anilines is 2. The minimum Gasteiger partial charge on any atom is -0.384 e. The topological polar surface area (TPSA) is 85.8 Å². The van der Waals surface area contributed by atoms with Gasteiger partial charge < -0.3 is 15.6 Å². The Morgan fingerprint density at radius 2 is 1.61 bits per heavy atom. The van der Waals surface area contributed by atoms with E-state index in [4.69, 9.17) is 15.7 Å². The van der Waals surface area contributed by atoms with Crippen LogP contribution in [-0.4, -0.2) is 20.4 Å². The molecule has 5 aromatic rings. The largest absolute Gasteiger partial charge is 0.384 e. The highest BCUT2D eigenvalue weighted by Crippen LogP contribution is 2.29. The van der Waals surface area contributed by atoms with Gasteiger partial charge in [-0.3, -0.25) is 4.79 Å². The Bertz CT molecular complexity index is 1490. The summed E-state index contributed by atoms with van der Waals surface area (Å²) in [5.74, 6) is 0.0846. The van der Waals surface area contributed by atoms with Crippen molar-refractivity contribution in [2.45, 2.75) is 26.8 Å².